The number of hydrogen-bond donors (Lipinski definition) is 1. The van der Waals surface area contributed by atoms with Gasteiger partial charge in [0.2, 0.25) is 0 Å². The van der Waals surface area contributed by atoms with E-state index in [1.807, 2.05) is 81.6 Å². The molecule has 0 saturated carbocycles. The molecule has 33 heavy (non-hydrogen) atoms. The maximum absolute atomic E-state index is 13.4. The third-order valence-electron chi connectivity index (χ3n) is 5.31. The Kier molecular flexibility index (Phi) is 7.12. The second kappa shape index (κ2) is 10.4. The van der Waals surface area contributed by atoms with E-state index in [2.05, 4.69) is 10.4 Å². The Bertz CT molecular complexity index is 1250. The normalized spacial score (nSPS) is 11.1. The number of hydrogen-bond acceptors (Lipinski definition) is 5. The molecule has 1 N–H and O–H groups in total. The van der Waals surface area contributed by atoms with Crippen molar-refractivity contribution in [2.45, 2.75) is 20.5 Å². The summed E-state index contributed by atoms with van der Waals surface area (Å²) in [5.74, 6) is -0.204. The molecule has 0 aliphatic rings. The number of fused-ring (bicyclic) bond motifs is 1. The van der Waals surface area contributed by atoms with Crippen LogP contribution in [0.1, 0.15) is 28.5 Å². The van der Waals surface area contributed by atoms with Crippen LogP contribution in [-0.4, -0.2) is 40.5 Å². The van der Waals surface area contributed by atoms with Crippen LogP contribution in [-0.2, 0) is 23.1 Å². The highest BCUT2D eigenvalue weighted by atomic mass is 16.5. The molecule has 0 spiro atoms. The molecule has 2 aromatic heterocycles. The Morgan fingerprint density at radius 1 is 1.03 bits per heavy atom. The van der Waals surface area contributed by atoms with E-state index in [0.717, 1.165) is 27.9 Å². The number of amides is 1. The van der Waals surface area contributed by atoms with Gasteiger partial charge in [-0.2, -0.15) is 5.10 Å². The first kappa shape index (κ1) is 22.6. The summed E-state index contributed by atoms with van der Waals surface area (Å²) in [5, 5.41) is 8.28. The summed E-state index contributed by atoms with van der Waals surface area (Å²) in [6, 6.07) is 19.3. The van der Waals surface area contributed by atoms with E-state index >= 15 is 0 Å². The summed E-state index contributed by atoms with van der Waals surface area (Å²) < 4.78 is 12.7. The molecule has 0 unspecified atom stereocenters. The predicted octanol–water partition coefficient (Wildman–Crippen LogP) is 4.75. The van der Waals surface area contributed by atoms with Gasteiger partial charge in [-0.3, -0.25) is 9.48 Å². The van der Waals surface area contributed by atoms with Crippen molar-refractivity contribution in [3.8, 4) is 11.3 Å². The molecule has 7 nitrogen and oxygen atoms in total. The Morgan fingerprint density at radius 2 is 1.82 bits per heavy atom. The second-order valence-corrected chi connectivity index (χ2v) is 7.73. The van der Waals surface area contributed by atoms with Crippen LogP contribution < -0.4 is 5.32 Å². The van der Waals surface area contributed by atoms with Gasteiger partial charge in [-0.05, 0) is 37.6 Å². The third kappa shape index (κ3) is 5.27. The molecule has 0 fully saturated rings. The summed E-state index contributed by atoms with van der Waals surface area (Å²) >= 11 is 0. The summed E-state index contributed by atoms with van der Waals surface area (Å²) in [4.78, 5) is 18.2. The monoisotopic (exact) mass is 444 g/mol. The van der Waals surface area contributed by atoms with Gasteiger partial charge in [0.1, 0.15) is 0 Å². The number of ether oxygens (including phenoxy) is 2. The number of anilines is 1. The highest BCUT2D eigenvalue weighted by Crippen LogP contribution is 2.27. The van der Waals surface area contributed by atoms with Crippen LogP contribution in [0.4, 0.5) is 5.69 Å². The van der Waals surface area contributed by atoms with E-state index in [1.54, 1.807) is 4.68 Å². The molecule has 2 aromatic carbocycles. The predicted molar refractivity (Wildman–Crippen MR) is 129 cm³/mol. The van der Waals surface area contributed by atoms with Gasteiger partial charge in [0, 0.05) is 24.9 Å². The van der Waals surface area contributed by atoms with Gasteiger partial charge < -0.3 is 14.8 Å². The van der Waals surface area contributed by atoms with E-state index in [-0.39, 0.29) is 5.91 Å². The molecule has 0 aliphatic carbocycles. The lowest BCUT2D eigenvalue weighted by molar-refractivity contribution is 0.0453. The molecule has 2 heterocycles. The third-order valence-corrected chi connectivity index (χ3v) is 5.31. The van der Waals surface area contributed by atoms with Crippen molar-refractivity contribution in [1.29, 1.82) is 0 Å². The fraction of sp³-hybridized carbons (Fsp3) is 0.269. The smallest absolute Gasteiger partial charge is 0.256 e. The molecule has 170 valence electrons. The van der Waals surface area contributed by atoms with Gasteiger partial charge in [-0.1, -0.05) is 42.5 Å². The van der Waals surface area contributed by atoms with Crippen LogP contribution in [0, 0.1) is 6.92 Å². The number of pyridine rings is 1. The van der Waals surface area contributed by atoms with Gasteiger partial charge in [0.25, 0.3) is 5.91 Å². The van der Waals surface area contributed by atoms with E-state index < -0.39 is 0 Å². The quantitative estimate of drug-likeness (QED) is 0.377. The highest BCUT2D eigenvalue weighted by molar-refractivity contribution is 6.13. The van der Waals surface area contributed by atoms with Gasteiger partial charge in [-0.15, -0.1) is 0 Å². The SMILES string of the molecule is CCOCCOCc1cccc(NC(=O)c2cc(-c3ccccc3)nc3c2c(C)nn3C)c1. The van der Waals surface area contributed by atoms with Crippen LogP contribution in [0.2, 0.25) is 0 Å². The summed E-state index contributed by atoms with van der Waals surface area (Å²) in [6.45, 7) is 6.08. The fourth-order valence-corrected chi connectivity index (χ4v) is 3.77. The van der Waals surface area contributed by atoms with Crippen LogP contribution >= 0.6 is 0 Å². The Hall–Kier alpha value is -3.55. The minimum absolute atomic E-state index is 0.204. The average molecular weight is 445 g/mol. The van der Waals surface area contributed by atoms with Crippen LogP contribution in [0.15, 0.2) is 60.7 Å². The Balaban J connectivity index is 1.60. The van der Waals surface area contributed by atoms with E-state index in [9.17, 15) is 4.79 Å². The number of carbonyl (C=O) groups excluding carboxylic acids is 1. The van der Waals surface area contributed by atoms with Crippen molar-refractivity contribution < 1.29 is 14.3 Å². The zero-order valence-corrected chi connectivity index (χ0v) is 19.2. The van der Waals surface area contributed by atoms with Crippen LogP contribution in [0.3, 0.4) is 0 Å². The van der Waals surface area contributed by atoms with Crippen LogP contribution in [0.5, 0.6) is 0 Å². The van der Waals surface area contributed by atoms with E-state index in [1.165, 1.54) is 0 Å². The van der Waals surface area contributed by atoms with Gasteiger partial charge in [0.05, 0.1) is 42.2 Å². The molecule has 4 aromatic rings. The molecule has 0 aliphatic heterocycles. The van der Waals surface area contributed by atoms with Crippen molar-refractivity contribution in [3.05, 3.63) is 77.5 Å². The number of nitrogens with one attached hydrogen (secondary N) is 1. The Morgan fingerprint density at radius 3 is 2.61 bits per heavy atom. The number of carbonyl (C=O) groups is 1. The topological polar surface area (TPSA) is 78.3 Å². The lowest BCUT2D eigenvalue weighted by Crippen LogP contribution is -2.13. The summed E-state index contributed by atoms with van der Waals surface area (Å²) in [5.41, 5.74) is 5.34. The second-order valence-electron chi connectivity index (χ2n) is 7.73. The van der Waals surface area contributed by atoms with Crippen molar-refractivity contribution in [2.75, 3.05) is 25.1 Å². The first-order valence-corrected chi connectivity index (χ1v) is 11.0. The lowest BCUT2D eigenvalue weighted by atomic mass is 10.0. The van der Waals surface area contributed by atoms with Crippen molar-refractivity contribution in [2.24, 2.45) is 7.05 Å². The van der Waals surface area contributed by atoms with Crippen molar-refractivity contribution in [3.63, 3.8) is 0 Å². The van der Waals surface area contributed by atoms with E-state index in [4.69, 9.17) is 14.5 Å². The standard InChI is InChI=1S/C26H28N4O3/c1-4-32-13-14-33-17-19-9-8-12-21(15-19)27-26(31)22-16-23(20-10-6-5-7-11-20)28-25-24(22)18(2)29-30(25)3/h5-12,15-16H,4,13-14,17H2,1-3H3,(H,27,31). The summed E-state index contributed by atoms with van der Waals surface area (Å²) in [7, 11) is 1.84. The number of aromatic nitrogens is 3. The molecule has 4 rings (SSSR count). The van der Waals surface area contributed by atoms with Gasteiger partial charge in [-0.25, -0.2) is 4.98 Å². The van der Waals surface area contributed by atoms with Gasteiger partial charge in [0.15, 0.2) is 5.65 Å². The molecule has 7 heteroatoms. The first-order chi connectivity index (χ1) is 16.1. The maximum atomic E-state index is 13.4. The molecule has 0 atom stereocenters. The zero-order chi connectivity index (χ0) is 23.2. The largest absolute Gasteiger partial charge is 0.379 e. The number of rotatable bonds is 9. The molecule has 0 saturated heterocycles. The summed E-state index contributed by atoms with van der Waals surface area (Å²) in [6.07, 6.45) is 0. The van der Waals surface area contributed by atoms with Crippen LogP contribution in [0.25, 0.3) is 22.3 Å². The van der Waals surface area contributed by atoms with Crippen molar-refractivity contribution >= 4 is 22.6 Å². The minimum atomic E-state index is -0.204. The Labute approximate surface area is 193 Å². The number of aryl methyl sites for hydroxylation is 2. The minimum Gasteiger partial charge on any atom is -0.379 e. The number of benzene rings is 2. The molecule has 1 amide bonds. The molecular weight excluding hydrogens is 416 g/mol. The first-order valence-electron chi connectivity index (χ1n) is 11.0. The number of nitrogens with zero attached hydrogens (tertiary/aromatic N) is 3. The molecular formula is C26H28N4O3. The van der Waals surface area contributed by atoms with Crippen molar-refractivity contribution in [1.82, 2.24) is 14.8 Å². The average Bonchev–Trinajstić information content (AvgIpc) is 3.12. The lowest BCUT2D eigenvalue weighted by Gasteiger charge is -2.11. The maximum Gasteiger partial charge on any atom is 0.256 e. The molecule has 0 radical (unpaired) electrons. The highest BCUT2D eigenvalue weighted by Gasteiger charge is 2.19. The van der Waals surface area contributed by atoms with Gasteiger partial charge >= 0.3 is 0 Å². The fourth-order valence-electron chi connectivity index (χ4n) is 3.77. The molecule has 0 bridgehead atoms. The van der Waals surface area contributed by atoms with E-state index in [0.29, 0.717) is 43.3 Å². The zero-order valence-electron chi connectivity index (χ0n) is 19.2.